The number of anilines is 1. The second-order valence-corrected chi connectivity index (χ2v) is 8.82. The second kappa shape index (κ2) is 10.5. The van der Waals surface area contributed by atoms with Crippen molar-refractivity contribution in [3.8, 4) is 22.5 Å². The lowest BCUT2D eigenvalue weighted by Gasteiger charge is -2.12. The van der Waals surface area contributed by atoms with Gasteiger partial charge in [-0.3, -0.25) is 10.4 Å². The number of aromatic amines is 1. The van der Waals surface area contributed by atoms with Gasteiger partial charge < -0.3 is 4.74 Å². The topological polar surface area (TPSA) is 106 Å². The monoisotopic (exact) mass is 536 g/mol. The average Bonchev–Trinajstić information content (AvgIpc) is 3.32. The first-order chi connectivity index (χ1) is 18.3. The smallest absolute Gasteiger partial charge is 0.416 e. The van der Waals surface area contributed by atoms with Crippen LogP contribution >= 0.6 is 11.8 Å². The van der Waals surface area contributed by atoms with E-state index in [0.717, 1.165) is 17.7 Å². The zero-order valence-corrected chi connectivity index (χ0v) is 20.6. The maximum atomic E-state index is 13.4. The van der Waals surface area contributed by atoms with Crippen molar-refractivity contribution in [2.75, 3.05) is 11.6 Å². The highest BCUT2D eigenvalue weighted by Gasteiger charge is 2.31. The third-order valence-electron chi connectivity index (χ3n) is 5.54. The molecular formula is C26H19F3N6O2S. The Morgan fingerprint density at radius 2 is 1.87 bits per heavy atom. The Morgan fingerprint density at radius 3 is 2.63 bits per heavy atom. The van der Waals surface area contributed by atoms with Crippen molar-refractivity contribution in [1.29, 1.82) is 0 Å². The Balaban J connectivity index is 1.55. The molecule has 2 aromatic carbocycles. The summed E-state index contributed by atoms with van der Waals surface area (Å²) in [5.74, 6) is 0.154. The molecule has 3 aromatic heterocycles. The van der Waals surface area contributed by atoms with Crippen LogP contribution in [0.2, 0.25) is 0 Å². The van der Waals surface area contributed by atoms with Crippen LogP contribution in [0.15, 0.2) is 78.1 Å². The van der Waals surface area contributed by atoms with E-state index < -0.39 is 17.8 Å². The summed E-state index contributed by atoms with van der Waals surface area (Å²) in [6, 6.07) is 17.4. The first-order valence-electron chi connectivity index (χ1n) is 11.2. The molecule has 8 nitrogen and oxygen atoms in total. The normalized spacial score (nSPS) is 11.5. The predicted molar refractivity (Wildman–Crippen MR) is 137 cm³/mol. The van der Waals surface area contributed by atoms with E-state index in [1.165, 1.54) is 17.8 Å². The molecule has 5 rings (SSSR count). The highest BCUT2D eigenvalue weighted by Crippen LogP contribution is 2.37. The average molecular weight is 537 g/mol. The lowest BCUT2D eigenvalue weighted by atomic mass is 10.00. The maximum Gasteiger partial charge on any atom is 0.416 e. The summed E-state index contributed by atoms with van der Waals surface area (Å²) < 4.78 is 45.6. The number of ether oxygens (including phenoxy) is 1. The summed E-state index contributed by atoms with van der Waals surface area (Å²) in [5.41, 5.74) is 1.67. The van der Waals surface area contributed by atoms with Crippen LogP contribution in [0.4, 0.5) is 23.8 Å². The van der Waals surface area contributed by atoms with Crippen molar-refractivity contribution < 1.29 is 22.7 Å². The summed E-state index contributed by atoms with van der Waals surface area (Å²) in [5, 5.41) is 10.4. The standard InChI is InChI=1S/C26H19F3N6O2S/c1-38-24-30-11-10-20(31-24)18-13-19-22(32-21(18)16-8-5-9-17(12-16)26(27,28)29)34-35-23(19)33-25(36)37-14-15-6-3-2-4-7-15/h2-13H,14H2,1H3,(H2,32,33,34,35,36). The van der Waals surface area contributed by atoms with Crippen molar-refractivity contribution in [3.63, 3.8) is 0 Å². The fraction of sp³-hybridized carbons (Fsp3) is 0.115. The number of fused-ring (bicyclic) bond motifs is 1. The van der Waals surface area contributed by atoms with E-state index in [0.29, 0.717) is 21.8 Å². The minimum absolute atomic E-state index is 0.0661. The van der Waals surface area contributed by atoms with Crippen LogP contribution < -0.4 is 5.32 Å². The number of pyridine rings is 1. The fourth-order valence-corrected chi connectivity index (χ4v) is 4.10. The van der Waals surface area contributed by atoms with Crippen molar-refractivity contribution >= 4 is 34.7 Å². The Kier molecular flexibility index (Phi) is 6.97. The van der Waals surface area contributed by atoms with Gasteiger partial charge in [0.2, 0.25) is 0 Å². The molecule has 12 heteroatoms. The molecule has 0 aliphatic rings. The molecule has 1 amide bonds. The van der Waals surface area contributed by atoms with Crippen molar-refractivity contribution in [3.05, 3.63) is 84.1 Å². The van der Waals surface area contributed by atoms with Crippen LogP contribution in [-0.2, 0) is 17.5 Å². The molecular weight excluding hydrogens is 517 g/mol. The number of carbonyl (C=O) groups is 1. The Hall–Kier alpha value is -4.45. The molecule has 0 fully saturated rings. The summed E-state index contributed by atoms with van der Waals surface area (Å²) in [6.45, 7) is 0.0661. The van der Waals surface area contributed by atoms with Gasteiger partial charge >= 0.3 is 12.3 Å². The van der Waals surface area contributed by atoms with Gasteiger partial charge in [-0.2, -0.15) is 18.3 Å². The van der Waals surface area contributed by atoms with Gasteiger partial charge in [0.1, 0.15) is 6.61 Å². The van der Waals surface area contributed by atoms with E-state index in [1.807, 2.05) is 36.6 Å². The number of carbonyl (C=O) groups excluding carboxylic acids is 1. The van der Waals surface area contributed by atoms with Crippen LogP contribution in [0.25, 0.3) is 33.5 Å². The molecule has 0 atom stereocenters. The number of benzene rings is 2. The number of amides is 1. The van der Waals surface area contributed by atoms with E-state index in [2.05, 4.69) is 30.5 Å². The van der Waals surface area contributed by atoms with Gasteiger partial charge in [0, 0.05) is 17.3 Å². The number of rotatable bonds is 6. The predicted octanol–water partition coefficient (Wildman–Crippen LogP) is 6.57. The third-order valence-corrected chi connectivity index (χ3v) is 6.10. The Morgan fingerprint density at radius 1 is 1.05 bits per heavy atom. The molecule has 0 saturated heterocycles. The van der Waals surface area contributed by atoms with Crippen LogP contribution in [-0.4, -0.2) is 37.5 Å². The number of hydrogen-bond acceptors (Lipinski definition) is 7. The quantitative estimate of drug-likeness (QED) is 0.187. The largest absolute Gasteiger partial charge is 0.444 e. The molecule has 0 spiro atoms. The molecule has 0 unspecified atom stereocenters. The third kappa shape index (κ3) is 5.44. The molecule has 3 heterocycles. The van der Waals surface area contributed by atoms with Gasteiger partial charge in [0.05, 0.1) is 22.3 Å². The molecule has 38 heavy (non-hydrogen) atoms. The van der Waals surface area contributed by atoms with Crippen LogP contribution in [0.1, 0.15) is 11.1 Å². The molecule has 2 N–H and O–H groups in total. The zero-order valence-electron chi connectivity index (χ0n) is 19.8. The zero-order chi connectivity index (χ0) is 26.7. The number of nitrogens with one attached hydrogen (secondary N) is 2. The van der Waals surface area contributed by atoms with Gasteiger partial charge in [-0.15, -0.1) is 0 Å². The Labute approximate surface area is 218 Å². The SMILES string of the molecule is CSc1nccc(-c2cc3c(NC(=O)OCc4ccccc4)n[nH]c3nc2-c2cccc(C(F)(F)F)c2)n1. The summed E-state index contributed by atoms with van der Waals surface area (Å²) in [6.07, 6.45) is -1.87. The number of aromatic nitrogens is 5. The first kappa shape index (κ1) is 25.2. The number of alkyl halides is 3. The van der Waals surface area contributed by atoms with Gasteiger partial charge in [-0.05, 0) is 36.1 Å². The minimum Gasteiger partial charge on any atom is -0.444 e. The molecule has 0 saturated carbocycles. The summed E-state index contributed by atoms with van der Waals surface area (Å²) in [7, 11) is 0. The van der Waals surface area contributed by atoms with E-state index in [-0.39, 0.29) is 29.3 Å². The number of halogens is 3. The summed E-state index contributed by atoms with van der Waals surface area (Å²) in [4.78, 5) is 25.7. The van der Waals surface area contributed by atoms with Crippen LogP contribution in [0.5, 0.6) is 0 Å². The fourth-order valence-electron chi connectivity index (χ4n) is 3.75. The lowest BCUT2D eigenvalue weighted by molar-refractivity contribution is -0.137. The molecule has 0 radical (unpaired) electrons. The molecule has 0 bridgehead atoms. The molecule has 192 valence electrons. The molecule has 0 aliphatic carbocycles. The number of thioether (sulfide) groups is 1. The van der Waals surface area contributed by atoms with E-state index >= 15 is 0 Å². The van der Waals surface area contributed by atoms with Crippen molar-refractivity contribution in [1.82, 2.24) is 25.1 Å². The molecule has 0 aliphatic heterocycles. The van der Waals surface area contributed by atoms with Crippen molar-refractivity contribution in [2.24, 2.45) is 0 Å². The van der Waals surface area contributed by atoms with Gasteiger partial charge in [-0.1, -0.05) is 54.2 Å². The second-order valence-electron chi connectivity index (χ2n) is 8.05. The van der Waals surface area contributed by atoms with E-state index in [9.17, 15) is 18.0 Å². The van der Waals surface area contributed by atoms with Gasteiger partial charge in [0.15, 0.2) is 16.6 Å². The van der Waals surface area contributed by atoms with Crippen LogP contribution in [0.3, 0.4) is 0 Å². The van der Waals surface area contributed by atoms with Gasteiger partial charge in [0.25, 0.3) is 0 Å². The van der Waals surface area contributed by atoms with E-state index in [1.54, 1.807) is 24.4 Å². The number of nitrogens with zero attached hydrogens (tertiary/aromatic N) is 4. The van der Waals surface area contributed by atoms with Crippen LogP contribution in [0, 0.1) is 0 Å². The maximum absolute atomic E-state index is 13.4. The Bertz CT molecular complexity index is 1610. The minimum atomic E-state index is -4.52. The summed E-state index contributed by atoms with van der Waals surface area (Å²) >= 11 is 1.32. The highest BCUT2D eigenvalue weighted by atomic mass is 32.2. The van der Waals surface area contributed by atoms with Gasteiger partial charge in [-0.25, -0.2) is 19.7 Å². The first-order valence-corrected chi connectivity index (χ1v) is 12.5. The number of hydrogen-bond donors (Lipinski definition) is 2. The lowest BCUT2D eigenvalue weighted by Crippen LogP contribution is -2.14. The highest BCUT2D eigenvalue weighted by molar-refractivity contribution is 7.98. The van der Waals surface area contributed by atoms with Crippen molar-refractivity contribution in [2.45, 2.75) is 17.9 Å². The number of H-pyrrole nitrogens is 1. The van der Waals surface area contributed by atoms with E-state index in [4.69, 9.17) is 4.74 Å². The molecule has 5 aromatic rings.